The molecule has 2 aromatic heterocycles. The van der Waals surface area contributed by atoms with Gasteiger partial charge in [0, 0.05) is 11.8 Å². The van der Waals surface area contributed by atoms with E-state index in [0.717, 1.165) is 17.6 Å². The van der Waals surface area contributed by atoms with E-state index >= 15 is 0 Å². The second-order valence-electron chi connectivity index (χ2n) is 2.52. The van der Waals surface area contributed by atoms with E-state index in [-0.39, 0.29) is 0 Å². The molecule has 12 heavy (non-hydrogen) atoms. The van der Waals surface area contributed by atoms with Crippen molar-refractivity contribution in [3.8, 4) is 0 Å². The zero-order valence-electron chi connectivity index (χ0n) is 6.51. The van der Waals surface area contributed by atoms with Gasteiger partial charge in [0.25, 0.3) is 0 Å². The summed E-state index contributed by atoms with van der Waals surface area (Å²) in [6.45, 7) is 0.618. The minimum atomic E-state index is 0.618. The molecule has 0 saturated heterocycles. The van der Waals surface area contributed by atoms with E-state index < -0.39 is 0 Å². The van der Waals surface area contributed by atoms with E-state index in [0.29, 0.717) is 6.54 Å². The average Bonchev–Trinajstić information content (AvgIpc) is 2.53. The van der Waals surface area contributed by atoms with Crippen LogP contribution in [0.2, 0.25) is 0 Å². The van der Waals surface area contributed by atoms with Crippen molar-refractivity contribution >= 4 is 5.65 Å². The molecule has 0 radical (unpaired) electrons. The number of hydrogen-bond donors (Lipinski definition) is 1. The summed E-state index contributed by atoms with van der Waals surface area (Å²) >= 11 is 0. The Balaban J connectivity index is 2.57. The number of nitrogens with zero attached hydrogens (tertiary/aromatic N) is 4. The fraction of sp³-hybridized carbons (Fsp3) is 0.286. The summed E-state index contributed by atoms with van der Waals surface area (Å²) in [5, 5.41) is 11.2. The molecular weight excluding hydrogens is 154 g/mol. The molecule has 0 atom stereocenters. The maximum atomic E-state index is 5.44. The second kappa shape index (κ2) is 2.86. The van der Waals surface area contributed by atoms with Crippen LogP contribution in [0.25, 0.3) is 5.65 Å². The SMILES string of the molecule is NCCc1cccn2nnnc12. The van der Waals surface area contributed by atoms with Crippen molar-refractivity contribution in [2.75, 3.05) is 6.54 Å². The van der Waals surface area contributed by atoms with Gasteiger partial charge in [-0.15, -0.1) is 5.10 Å². The Morgan fingerprint density at radius 1 is 1.50 bits per heavy atom. The van der Waals surface area contributed by atoms with Crippen LogP contribution < -0.4 is 5.73 Å². The molecule has 2 N–H and O–H groups in total. The fourth-order valence-electron chi connectivity index (χ4n) is 1.17. The second-order valence-corrected chi connectivity index (χ2v) is 2.52. The van der Waals surface area contributed by atoms with E-state index in [1.807, 2.05) is 18.3 Å². The van der Waals surface area contributed by atoms with E-state index in [9.17, 15) is 0 Å². The molecule has 0 saturated carbocycles. The van der Waals surface area contributed by atoms with Gasteiger partial charge in [0.15, 0.2) is 5.65 Å². The van der Waals surface area contributed by atoms with Crippen LogP contribution >= 0.6 is 0 Å². The van der Waals surface area contributed by atoms with Gasteiger partial charge in [0.05, 0.1) is 0 Å². The Labute approximate surface area is 69.2 Å². The van der Waals surface area contributed by atoms with Crippen LogP contribution in [0.3, 0.4) is 0 Å². The lowest BCUT2D eigenvalue weighted by molar-refractivity contribution is 0.821. The lowest BCUT2D eigenvalue weighted by atomic mass is 10.2. The lowest BCUT2D eigenvalue weighted by Crippen LogP contribution is -2.04. The molecule has 0 bridgehead atoms. The van der Waals surface area contributed by atoms with Crippen molar-refractivity contribution < 1.29 is 0 Å². The molecule has 0 unspecified atom stereocenters. The van der Waals surface area contributed by atoms with Crippen LogP contribution in [0.5, 0.6) is 0 Å². The highest BCUT2D eigenvalue weighted by molar-refractivity contribution is 5.45. The third kappa shape index (κ3) is 1.04. The fourth-order valence-corrected chi connectivity index (χ4v) is 1.17. The predicted octanol–water partition coefficient (Wildman–Crippen LogP) is -0.375. The van der Waals surface area contributed by atoms with Gasteiger partial charge in [-0.25, -0.2) is 4.52 Å². The van der Waals surface area contributed by atoms with Crippen LogP contribution in [0.1, 0.15) is 5.56 Å². The van der Waals surface area contributed by atoms with Crippen molar-refractivity contribution in [1.29, 1.82) is 0 Å². The van der Waals surface area contributed by atoms with Crippen LogP contribution in [-0.4, -0.2) is 26.6 Å². The minimum absolute atomic E-state index is 0.618. The maximum absolute atomic E-state index is 5.44. The standard InChI is InChI=1S/C7H9N5/c8-4-3-6-2-1-5-12-7(6)9-10-11-12/h1-2,5H,3-4,8H2. The van der Waals surface area contributed by atoms with Gasteiger partial charge in [0.2, 0.25) is 0 Å². The number of tetrazole rings is 1. The Hall–Kier alpha value is -1.49. The van der Waals surface area contributed by atoms with Gasteiger partial charge in [-0.05, 0) is 29.5 Å². The molecule has 0 aliphatic heterocycles. The number of hydrogen-bond acceptors (Lipinski definition) is 4. The highest BCUT2D eigenvalue weighted by Gasteiger charge is 2.01. The molecule has 0 aliphatic carbocycles. The topological polar surface area (TPSA) is 69.1 Å². The molecular formula is C7H9N5. The van der Waals surface area contributed by atoms with Gasteiger partial charge in [0.1, 0.15) is 0 Å². The Morgan fingerprint density at radius 3 is 3.25 bits per heavy atom. The average molecular weight is 163 g/mol. The Kier molecular flexibility index (Phi) is 1.71. The number of rotatable bonds is 2. The maximum Gasteiger partial charge on any atom is 0.182 e. The van der Waals surface area contributed by atoms with Crippen molar-refractivity contribution in [3.63, 3.8) is 0 Å². The molecule has 0 amide bonds. The van der Waals surface area contributed by atoms with Gasteiger partial charge >= 0.3 is 0 Å². The highest BCUT2D eigenvalue weighted by atomic mass is 15.5. The smallest absolute Gasteiger partial charge is 0.182 e. The van der Waals surface area contributed by atoms with Gasteiger partial charge in [-0.3, -0.25) is 0 Å². The first-order chi connectivity index (χ1) is 5.92. The minimum Gasteiger partial charge on any atom is -0.330 e. The molecule has 62 valence electrons. The monoisotopic (exact) mass is 163 g/mol. The van der Waals surface area contributed by atoms with Gasteiger partial charge in [-0.1, -0.05) is 6.07 Å². The van der Waals surface area contributed by atoms with Gasteiger partial charge in [-0.2, -0.15) is 0 Å². The van der Waals surface area contributed by atoms with Crippen LogP contribution in [0, 0.1) is 0 Å². The molecule has 2 aromatic rings. The Bertz CT molecular complexity index is 380. The summed E-state index contributed by atoms with van der Waals surface area (Å²) in [4.78, 5) is 0. The van der Waals surface area contributed by atoms with Crippen molar-refractivity contribution in [3.05, 3.63) is 23.9 Å². The zero-order valence-corrected chi connectivity index (χ0v) is 6.51. The van der Waals surface area contributed by atoms with Crippen molar-refractivity contribution in [1.82, 2.24) is 20.0 Å². The van der Waals surface area contributed by atoms with Crippen molar-refractivity contribution in [2.24, 2.45) is 5.73 Å². The van der Waals surface area contributed by atoms with E-state index in [4.69, 9.17) is 5.73 Å². The largest absolute Gasteiger partial charge is 0.330 e. The predicted molar refractivity (Wildman–Crippen MR) is 43.5 cm³/mol. The first-order valence-electron chi connectivity index (χ1n) is 3.77. The molecule has 0 aliphatic rings. The van der Waals surface area contributed by atoms with E-state index in [1.165, 1.54) is 0 Å². The molecule has 0 spiro atoms. The molecule has 0 fully saturated rings. The molecule has 2 heterocycles. The van der Waals surface area contributed by atoms with Gasteiger partial charge < -0.3 is 5.73 Å². The van der Waals surface area contributed by atoms with Crippen LogP contribution in [0.15, 0.2) is 18.3 Å². The number of fused-ring (bicyclic) bond motifs is 1. The van der Waals surface area contributed by atoms with Crippen molar-refractivity contribution in [2.45, 2.75) is 6.42 Å². The van der Waals surface area contributed by atoms with Crippen LogP contribution in [-0.2, 0) is 6.42 Å². The quantitative estimate of drug-likeness (QED) is 0.655. The molecule has 5 heteroatoms. The molecule has 2 rings (SSSR count). The highest BCUT2D eigenvalue weighted by Crippen LogP contribution is 2.05. The summed E-state index contributed by atoms with van der Waals surface area (Å²) in [6, 6.07) is 3.90. The zero-order chi connectivity index (χ0) is 8.39. The van der Waals surface area contributed by atoms with E-state index in [1.54, 1.807) is 4.52 Å². The summed E-state index contributed by atoms with van der Waals surface area (Å²) < 4.78 is 1.64. The Morgan fingerprint density at radius 2 is 2.42 bits per heavy atom. The molecule has 0 aromatic carbocycles. The summed E-state index contributed by atoms with van der Waals surface area (Å²) in [6.07, 6.45) is 2.63. The number of nitrogens with two attached hydrogens (primary N) is 1. The summed E-state index contributed by atoms with van der Waals surface area (Å²) in [7, 11) is 0. The van der Waals surface area contributed by atoms with E-state index in [2.05, 4.69) is 15.5 Å². The lowest BCUT2D eigenvalue weighted by Gasteiger charge is -1.97. The number of pyridine rings is 1. The normalized spacial score (nSPS) is 10.8. The van der Waals surface area contributed by atoms with Crippen LogP contribution in [0.4, 0.5) is 0 Å². The third-order valence-corrected chi connectivity index (χ3v) is 1.72. The first kappa shape index (κ1) is 7.17. The molecule has 5 nitrogen and oxygen atoms in total. The first-order valence-corrected chi connectivity index (χ1v) is 3.77. The third-order valence-electron chi connectivity index (χ3n) is 1.72. The number of aromatic nitrogens is 4. The summed E-state index contributed by atoms with van der Waals surface area (Å²) in [5.41, 5.74) is 7.32. The summed E-state index contributed by atoms with van der Waals surface area (Å²) in [5.74, 6) is 0.